The van der Waals surface area contributed by atoms with Crippen LogP contribution < -0.4 is 5.32 Å². The summed E-state index contributed by atoms with van der Waals surface area (Å²) in [5, 5.41) is 3.64. The number of hydrogen-bond acceptors (Lipinski definition) is 2. The summed E-state index contributed by atoms with van der Waals surface area (Å²) in [6, 6.07) is 4.36. The summed E-state index contributed by atoms with van der Waals surface area (Å²) in [6.45, 7) is 11.8. The zero-order valence-corrected chi connectivity index (χ0v) is 13.9. The molecule has 0 radical (unpaired) electrons. The molecular weight excluding hydrogens is 265 g/mol. The molecule has 0 amide bonds. The van der Waals surface area contributed by atoms with E-state index < -0.39 is 0 Å². The minimum absolute atomic E-state index is 0.0859. The van der Waals surface area contributed by atoms with E-state index in [0.717, 1.165) is 42.7 Å². The number of ether oxygens (including phenoxy) is 1. The van der Waals surface area contributed by atoms with Gasteiger partial charge in [0.2, 0.25) is 0 Å². The molecule has 0 spiro atoms. The average Bonchev–Trinajstić information content (AvgIpc) is 2.46. The van der Waals surface area contributed by atoms with Gasteiger partial charge in [-0.2, -0.15) is 0 Å². The molecule has 0 aliphatic heterocycles. The highest BCUT2D eigenvalue weighted by molar-refractivity contribution is 5.30. The van der Waals surface area contributed by atoms with Crippen molar-refractivity contribution < 1.29 is 9.13 Å². The second-order valence-electron chi connectivity index (χ2n) is 6.52. The van der Waals surface area contributed by atoms with Crippen LogP contribution in [-0.2, 0) is 11.3 Å². The van der Waals surface area contributed by atoms with Gasteiger partial charge in [0.1, 0.15) is 5.82 Å². The second kappa shape index (κ2) is 6.45. The maximum atomic E-state index is 13.7. The average molecular weight is 293 g/mol. The summed E-state index contributed by atoms with van der Waals surface area (Å²) in [7, 11) is 0. The van der Waals surface area contributed by atoms with Crippen LogP contribution in [0.5, 0.6) is 0 Å². The van der Waals surface area contributed by atoms with Crippen LogP contribution in [0, 0.1) is 25.1 Å². The van der Waals surface area contributed by atoms with E-state index in [-0.39, 0.29) is 11.2 Å². The minimum atomic E-state index is -0.0859. The van der Waals surface area contributed by atoms with Crippen molar-refractivity contribution >= 4 is 0 Å². The van der Waals surface area contributed by atoms with Gasteiger partial charge in [-0.05, 0) is 50.3 Å². The van der Waals surface area contributed by atoms with Crippen molar-refractivity contribution in [3.05, 3.63) is 34.6 Å². The molecule has 1 aromatic carbocycles. The fraction of sp³-hybridized carbons (Fsp3) is 0.667. The van der Waals surface area contributed by atoms with Gasteiger partial charge in [0.25, 0.3) is 0 Å². The van der Waals surface area contributed by atoms with Gasteiger partial charge in [-0.25, -0.2) is 4.39 Å². The molecule has 3 unspecified atom stereocenters. The SMILES string of the molecule is CCOC1CC(NCc2cc(C)c(F)c(C)c2)C1(C)CC. The third-order valence-corrected chi connectivity index (χ3v) is 5.16. The van der Waals surface area contributed by atoms with Crippen molar-refractivity contribution in [2.24, 2.45) is 5.41 Å². The molecule has 1 fully saturated rings. The van der Waals surface area contributed by atoms with Crippen molar-refractivity contribution in [3.63, 3.8) is 0 Å². The molecular formula is C18H28FNO. The van der Waals surface area contributed by atoms with Crippen LogP contribution in [0.4, 0.5) is 4.39 Å². The molecule has 1 aliphatic rings. The molecule has 1 aromatic rings. The molecule has 1 saturated carbocycles. The number of nitrogens with one attached hydrogen (secondary N) is 1. The first-order chi connectivity index (χ1) is 9.92. The Bertz CT molecular complexity index is 479. The van der Waals surface area contributed by atoms with Gasteiger partial charge >= 0.3 is 0 Å². The standard InChI is InChI=1S/C18H28FNO/c1-6-18(5)15(10-16(18)21-7-2)20-11-14-8-12(3)17(19)13(4)9-14/h8-9,15-16,20H,6-7,10-11H2,1-5H3. The third kappa shape index (κ3) is 3.14. The van der Waals surface area contributed by atoms with Crippen LogP contribution in [0.1, 0.15) is 50.3 Å². The van der Waals surface area contributed by atoms with Crippen LogP contribution in [0.15, 0.2) is 12.1 Å². The molecule has 3 heteroatoms. The largest absolute Gasteiger partial charge is 0.378 e. The lowest BCUT2D eigenvalue weighted by Crippen LogP contribution is -2.61. The van der Waals surface area contributed by atoms with Crippen molar-refractivity contribution in [1.29, 1.82) is 0 Å². The number of hydrogen-bond donors (Lipinski definition) is 1. The maximum absolute atomic E-state index is 13.7. The minimum Gasteiger partial charge on any atom is -0.378 e. The summed E-state index contributed by atoms with van der Waals surface area (Å²) in [5.74, 6) is -0.0859. The van der Waals surface area contributed by atoms with E-state index in [1.54, 1.807) is 0 Å². The zero-order chi connectivity index (χ0) is 15.6. The van der Waals surface area contributed by atoms with Crippen LogP contribution >= 0.6 is 0 Å². The summed E-state index contributed by atoms with van der Waals surface area (Å²) >= 11 is 0. The molecule has 2 rings (SSSR count). The van der Waals surface area contributed by atoms with E-state index in [4.69, 9.17) is 4.74 Å². The van der Waals surface area contributed by atoms with Crippen molar-refractivity contribution in [2.75, 3.05) is 6.61 Å². The lowest BCUT2D eigenvalue weighted by atomic mass is 9.61. The molecule has 0 aromatic heterocycles. The van der Waals surface area contributed by atoms with Crippen molar-refractivity contribution in [1.82, 2.24) is 5.32 Å². The molecule has 1 aliphatic carbocycles. The molecule has 0 bridgehead atoms. The van der Waals surface area contributed by atoms with Crippen LogP contribution in [0.2, 0.25) is 0 Å². The Morgan fingerprint density at radius 1 is 1.29 bits per heavy atom. The van der Waals surface area contributed by atoms with E-state index in [2.05, 4.69) is 26.1 Å². The Morgan fingerprint density at radius 3 is 2.43 bits per heavy atom. The van der Waals surface area contributed by atoms with Crippen molar-refractivity contribution in [2.45, 2.75) is 66.2 Å². The summed E-state index contributed by atoms with van der Waals surface area (Å²) in [5.41, 5.74) is 2.82. The normalized spacial score (nSPS) is 28.5. The van der Waals surface area contributed by atoms with Gasteiger partial charge in [-0.1, -0.05) is 26.0 Å². The van der Waals surface area contributed by atoms with E-state index in [1.807, 2.05) is 26.0 Å². The lowest BCUT2D eigenvalue weighted by molar-refractivity contribution is -0.126. The van der Waals surface area contributed by atoms with E-state index in [9.17, 15) is 4.39 Å². The molecule has 0 heterocycles. The Balaban J connectivity index is 1.98. The fourth-order valence-corrected chi connectivity index (χ4v) is 3.45. The number of rotatable bonds is 6. The number of aryl methyl sites for hydroxylation is 2. The fourth-order valence-electron chi connectivity index (χ4n) is 3.45. The highest BCUT2D eigenvalue weighted by Crippen LogP contribution is 2.45. The summed E-state index contributed by atoms with van der Waals surface area (Å²) in [4.78, 5) is 0. The van der Waals surface area contributed by atoms with Gasteiger partial charge in [0, 0.05) is 24.6 Å². The monoisotopic (exact) mass is 293 g/mol. The van der Waals surface area contributed by atoms with E-state index >= 15 is 0 Å². The summed E-state index contributed by atoms with van der Waals surface area (Å²) in [6.07, 6.45) is 2.54. The molecule has 3 atom stereocenters. The first-order valence-corrected chi connectivity index (χ1v) is 8.03. The Morgan fingerprint density at radius 2 is 1.90 bits per heavy atom. The quantitative estimate of drug-likeness (QED) is 0.851. The van der Waals surface area contributed by atoms with Gasteiger partial charge in [-0.3, -0.25) is 0 Å². The lowest BCUT2D eigenvalue weighted by Gasteiger charge is -2.53. The predicted octanol–water partition coefficient (Wildman–Crippen LogP) is 4.13. The van der Waals surface area contributed by atoms with Crippen LogP contribution in [0.25, 0.3) is 0 Å². The molecule has 2 nitrogen and oxygen atoms in total. The highest BCUT2D eigenvalue weighted by atomic mass is 19.1. The predicted molar refractivity (Wildman–Crippen MR) is 84.9 cm³/mol. The Hall–Kier alpha value is -0.930. The van der Waals surface area contributed by atoms with Gasteiger partial charge in [-0.15, -0.1) is 0 Å². The topological polar surface area (TPSA) is 21.3 Å². The van der Waals surface area contributed by atoms with Crippen molar-refractivity contribution in [3.8, 4) is 0 Å². The summed E-state index contributed by atoms with van der Waals surface area (Å²) < 4.78 is 19.5. The zero-order valence-electron chi connectivity index (χ0n) is 13.9. The van der Waals surface area contributed by atoms with E-state index in [1.165, 1.54) is 0 Å². The van der Waals surface area contributed by atoms with E-state index in [0.29, 0.717) is 12.1 Å². The third-order valence-electron chi connectivity index (χ3n) is 5.16. The van der Waals surface area contributed by atoms with Crippen LogP contribution in [0.3, 0.4) is 0 Å². The Labute approximate surface area is 128 Å². The molecule has 21 heavy (non-hydrogen) atoms. The van der Waals surface area contributed by atoms with Gasteiger partial charge < -0.3 is 10.1 Å². The maximum Gasteiger partial charge on any atom is 0.129 e. The Kier molecular flexibility index (Phi) is 5.05. The second-order valence-corrected chi connectivity index (χ2v) is 6.52. The number of benzene rings is 1. The molecule has 118 valence electrons. The first-order valence-electron chi connectivity index (χ1n) is 8.03. The first kappa shape index (κ1) is 16.4. The molecule has 0 saturated heterocycles. The number of halogens is 1. The molecule has 1 N–H and O–H groups in total. The van der Waals surface area contributed by atoms with Gasteiger partial charge in [0.05, 0.1) is 6.10 Å². The van der Waals surface area contributed by atoms with Gasteiger partial charge in [0.15, 0.2) is 0 Å². The smallest absolute Gasteiger partial charge is 0.129 e. The highest BCUT2D eigenvalue weighted by Gasteiger charge is 2.50. The van der Waals surface area contributed by atoms with Crippen LogP contribution in [-0.4, -0.2) is 18.8 Å².